The molecule has 3 fully saturated rings. The second kappa shape index (κ2) is 8.88. The molecule has 1 aliphatic carbocycles. The second-order valence-corrected chi connectivity index (χ2v) is 12.1. The quantitative estimate of drug-likeness (QED) is 0.425. The number of benzene rings is 1. The Balaban J connectivity index is 1.51. The molecule has 1 aromatic heterocycles. The summed E-state index contributed by atoms with van der Waals surface area (Å²) in [6.07, 6.45) is 5.90. The first-order valence-corrected chi connectivity index (χ1v) is 13.8. The zero-order valence-electron chi connectivity index (χ0n) is 18.6. The van der Waals surface area contributed by atoms with Gasteiger partial charge in [0.1, 0.15) is 4.90 Å². The van der Waals surface area contributed by atoms with Crippen molar-refractivity contribution in [2.45, 2.75) is 66.4 Å². The summed E-state index contributed by atoms with van der Waals surface area (Å²) < 4.78 is 30.3. The molecule has 1 aromatic carbocycles. The molecule has 1 saturated carbocycles. The zero-order chi connectivity index (χ0) is 23.2. The number of non-ortho nitro benzene ring substituents is 1. The van der Waals surface area contributed by atoms with Gasteiger partial charge in [-0.2, -0.15) is 4.31 Å². The van der Waals surface area contributed by atoms with Gasteiger partial charge in [-0.05, 0) is 62.3 Å². The molecule has 33 heavy (non-hydrogen) atoms. The molecule has 0 unspecified atom stereocenters. The monoisotopic (exact) mass is 492 g/mol. The second-order valence-electron chi connectivity index (χ2n) is 9.15. The van der Waals surface area contributed by atoms with Gasteiger partial charge in [-0.25, -0.2) is 8.42 Å². The molecule has 0 N–H and O–H groups in total. The Hall–Kier alpha value is -2.18. The molecule has 178 valence electrons. The van der Waals surface area contributed by atoms with E-state index >= 15 is 0 Å². The third kappa shape index (κ3) is 4.47. The Morgan fingerprint density at radius 2 is 1.76 bits per heavy atom. The Kier molecular flexibility index (Phi) is 6.08. The molecule has 5 rings (SSSR count). The van der Waals surface area contributed by atoms with Crippen molar-refractivity contribution >= 4 is 33.4 Å². The van der Waals surface area contributed by atoms with Crippen LogP contribution in [-0.4, -0.2) is 58.6 Å². The van der Waals surface area contributed by atoms with E-state index in [-0.39, 0.29) is 10.6 Å². The number of anilines is 1. The van der Waals surface area contributed by atoms with Gasteiger partial charge < -0.3 is 4.90 Å². The van der Waals surface area contributed by atoms with Crippen LogP contribution >= 0.6 is 11.8 Å². The van der Waals surface area contributed by atoms with Crippen molar-refractivity contribution in [3.63, 3.8) is 0 Å². The lowest BCUT2D eigenvalue weighted by atomic mass is 10.00. The van der Waals surface area contributed by atoms with Crippen molar-refractivity contribution in [1.82, 2.24) is 19.1 Å². The topological polar surface area (TPSA) is 114 Å². The third-order valence-corrected chi connectivity index (χ3v) is 9.75. The summed E-state index contributed by atoms with van der Waals surface area (Å²) in [5, 5.41) is 20.9. The fourth-order valence-electron chi connectivity index (χ4n) is 4.48. The molecule has 12 heteroatoms. The van der Waals surface area contributed by atoms with Crippen LogP contribution in [0.4, 0.5) is 11.6 Å². The van der Waals surface area contributed by atoms with Crippen LogP contribution < -0.4 is 4.90 Å². The van der Waals surface area contributed by atoms with Gasteiger partial charge in [0.25, 0.3) is 5.69 Å². The minimum absolute atomic E-state index is 0.0257. The average Bonchev–Trinajstić information content (AvgIpc) is 3.30. The first-order valence-electron chi connectivity index (χ1n) is 11.5. The molecule has 10 nitrogen and oxygen atoms in total. The van der Waals surface area contributed by atoms with E-state index in [1.165, 1.54) is 34.3 Å². The van der Waals surface area contributed by atoms with Gasteiger partial charge >= 0.3 is 0 Å². The van der Waals surface area contributed by atoms with Crippen LogP contribution in [0.3, 0.4) is 0 Å². The number of piperidine rings is 1. The Bertz CT molecular complexity index is 1150. The highest BCUT2D eigenvalue weighted by Crippen LogP contribution is 2.44. The smallest absolute Gasteiger partial charge is 0.270 e. The molecular formula is C21H28N6O4S2. The Labute approximate surface area is 197 Å². The SMILES string of the molecule is CC1CCN(c2nnc(Sc3ccc([N+](=O)[O-])cc3S(=O)(=O)N3CCCC3)n2C2CC2)CC1. The highest BCUT2D eigenvalue weighted by atomic mass is 32.2. The highest BCUT2D eigenvalue weighted by Gasteiger charge is 2.35. The first kappa shape index (κ1) is 22.6. The Morgan fingerprint density at radius 3 is 2.39 bits per heavy atom. The average molecular weight is 493 g/mol. The number of hydrogen-bond donors (Lipinski definition) is 0. The lowest BCUT2D eigenvalue weighted by Gasteiger charge is -2.31. The maximum atomic E-state index is 13.4. The van der Waals surface area contributed by atoms with E-state index in [9.17, 15) is 18.5 Å². The number of nitro groups is 1. The van der Waals surface area contributed by atoms with Gasteiger partial charge in [-0.3, -0.25) is 14.7 Å². The number of nitro benzene ring substituents is 1. The minimum atomic E-state index is -3.84. The van der Waals surface area contributed by atoms with Gasteiger partial charge in [-0.1, -0.05) is 6.92 Å². The molecule has 3 aliphatic rings. The number of hydrogen-bond acceptors (Lipinski definition) is 8. The van der Waals surface area contributed by atoms with Crippen LogP contribution in [-0.2, 0) is 10.0 Å². The fourth-order valence-corrected chi connectivity index (χ4v) is 7.43. The molecule has 0 atom stereocenters. The molecular weight excluding hydrogens is 464 g/mol. The van der Waals surface area contributed by atoms with Gasteiger partial charge in [0, 0.05) is 49.2 Å². The Morgan fingerprint density at radius 1 is 1.06 bits per heavy atom. The van der Waals surface area contributed by atoms with Crippen molar-refractivity contribution in [3.05, 3.63) is 28.3 Å². The summed E-state index contributed by atoms with van der Waals surface area (Å²) in [6, 6.07) is 4.38. The molecule has 0 amide bonds. The van der Waals surface area contributed by atoms with Crippen molar-refractivity contribution < 1.29 is 13.3 Å². The largest absolute Gasteiger partial charge is 0.341 e. The number of rotatable bonds is 7. The van der Waals surface area contributed by atoms with Crippen LogP contribution in [0.15, 0.2) is 33.1 Å². The van der Waals surface area contributed by atoms with Crippen LogP contribution in [0.25, 0.3) is 0 Å². The number of nitrogens with zero attached hydrogens (tertiary/aromatic N) is 6. The van der Waals surface area contributed by atoms with Crippen molar-refractivity contribution in [2.75, 3.05) is 31.1 Å². The lowest BCUT2D eigenvalue weighted by Crippen LogP contribution is -2.34. The third-order valence-electron chi connectivity index (χ3n) is 6.65. The van der Waals surface area contributed by atoms with E-state index < -0.39 is 14.9 Å². The molecule has 2 saturated heterocycles. The normalized spacial score (nSPS) is 20.5. The van der Waals surface area contributed by atoms with Crippen LogP contribution in [0.1, 0.15) is 51.5 Å². The van der Waals surface area contributed by atoms with Gasteiger partial charge in [0.05, 0.1) is 4.92 Å². The molecule has 2 aliphatic heterocycles. The van der Waals surface area contributed by atoms with Crippen LogP contribution in [0.2, 0.25) is 0 Å². The first-order chi connectivity index (χ1) is 15.8. The van der Waals surface area contributed by atoms with Crippen LogP contribution in [0, 0.1) is 16.0 Å². The maximum Gasteiger partial charge on any atom is 0.270 e. The summed E-state index contributed by atoms with van der Waals surface area (Å²) in [5.74, 6) is 1.55. The van der Waals surface area contributed by atoms with Gasteiger partial charge in [0.15, 0.2) is 5.16 Å². The van der Waals surface area contributed by atoms with E-state index in [0.717, 1.165) is 57.6 Å². The van der Waals surface area contributed by atoms with E-state index in [1.807, 2.05) is 0 Å². The van der Waals surface area contributed by atoms with Crippen molar-refractivity contribution in [1.29, 1.82) is 0 Å². The number of aromatic nitrogens is 3. The maximum absolute atomic E-state index is 13.4. The van der Waals surface area contributed by atoms with E-state index in [4.69, 9.17) is 0 Å². The zero-order valence-corrected chi connectivity index (χ0v) is 20.2. The number of sulfonamides is 1. The predicted octanol–water partition coefficient (Wildman–Crippen LogP) is 3.69. The van der Waals surface area contributed by atoms with E-state index in [1.54, 1.807) is 0 Å². The molecule has 3 heterocycles. The summed E-state index contributed by atoms with van der Waals surface area (Å²) in [6.45, 7) is 5.00. The summed E-state index contributed by atoms with van der Waals surface area (Å²) >= 11 is 1.23. The molecule has 0 bridgehead atoms. The highest BCUT2D eigenvalue weighted by molar-refractivity contribution is 8.00. The summed E-state index contributed by atoms with van der Waals surface area (Å²) in [5.41, 5.74) is -0.232. The standard InChI is InChI=1S/C21H28N6O4S2/c1-15-8-12-24(13-9-15)20-22-23-21(26(20)16-4-5-16)32-18-7-6-17(27(28)29)14-19(18)33(30,31)25-10-2-3-11-25/h6-7,14-16H,2-5,8-13H2,1H3. The van der Waals surface area contributed by atoms with E-state index in [0.29, 0.717) is 35.1 Å². The summed E-state index contributed by atoms with van der Waals surface area (Å²) in [7, 11) is -3.84. The van der Waals surface area contributed by atoms with Crippen molar-refractivity contribution in [2.24, 2.45) is 5.92 Å². The van der Waals surface area contributed by atoms with Crippen molar-refractivity contribution in [3.8, 4) is 0 Å². The van der Waals surface area contributed by atoms with E-state index in [2.05, 4.69) is 26.6 Å². The lowest BCUT2D eigenvalue weighted by molar-refractivity contribution is -0.385. The molecule has 0 spiro atoms. The van der Waals surface area contributed by atoms with Gasteiger partial charge in [0.2, 0.25) is 16.0 Å². The molecule has 2 aromatic rings. The van der Waals surface area contributed by atoms with Crippen LogP contribution in [0.5, 0.6) is 0 Å². The fraction of sp³-hybridized carbons (Fsp3) is 0.619. The molecule has 0 radical (unpaired) electrons. The van der Waals surface area contributed by atoms with Gasteiger partial charge in [-0.15, -0.1) is 10.2 Å². The predicted molar refractivity (Wildman–Crippen MR) is 124 cm³/mol. The minimum Gasteiger partial charge on any atom is -0.341 e. The summed E-state index contributed by atoms with van der Waals surface area (Å²) in [4.78, 5) is 13.5.